The van der Waals surface area contributed by atoms with Gasteiger partial charge in [0.15, 0.2) is 0 Å². The van der Waals surface area contributed by atoms with Gasteiger partial charge in [0.2, 0.25) is 10.0 Å². The summed E-state index contributed by atoms with van der Waals surface area (Å²) in [5, 5.41) is 0. The standard InChI is InChI=1S/C26H34N2O3S2/c1-32-25-12-11-23(20-24(25)26(29)27-15-7-2-3-8-16-27)33(30,31)28-17-13-22(14-18-28)19-21-9-5-4-6-10-21/h4-6,9-12,20,22H,2-3,7-8,13-19H2,1H3. The molecule has 2 aromatic rings. The fourth-order valence-electron chi connectivity index (χ4n) is 4.91. The van der Waals surface area contributed by atoms with Crippen LogP contribution in [-0.4, -0.2) is 56.0 Å². The Balaban J connectivity index is 1.48. The Morgan fingerprint density at radius 1 is 0.939 bits per heavy atom. The Morgan fingerprint density at radius 3 is 2.24 bits per heavy atom. The Labute approximate surface area is 202 Å². The van der Waals surface area contributed by atoms with E-state index in [1.807, 2.05) is 17.2 Å². The minimum atomic E-state index is -3.62. The second-order valence-corrected chi connectivity index (χ2v) is 11.9. The smallest absolute Gasteiger partial charge is 0.255 e. The number of amides is 1. The van der Waals surface area contributed by atoms with E-state index in [1.165, 1.54) is 17.3 Å². The van der Waals surface area contributed by atoms with E-state index in [9.17, 15) is 13.2 Å². The highest BCUT2D eigenvalue weighted by molar-refractivity contribution is 7.98. The second kappa shape index (κ2) is 11.1. The number of carbonyl (C=O) groups is 1. The van der Waals surface area contributed by atoms with Crippen LogP contribution >= 0.6 is 11.8 Å². The lowest BCUT2D eigenvalue weighted by Crippen LogP contribution is -2.39. The molecule has 2 heterocycles. The molecule has 33 heavy (non-hydrogen) atoms. The zero-order valence-electron chi connectivity index (χ0n) is 19.4. The molecule has 4 rings (SSSR count). The molecule has 0 saturated carbocycles. The van der Waals surface area contributed by atoms with Gasteiger partial charge in [-0.05, 0) is 68.0 Å². The highest BCUT2D eigenvalue weighted by Gasteiger charge is 2.31. The van der Waals surface area contributed by atoms with Crippen molar-refractivity contribution in [1.29, 1.82) is 0 Å². The summed E-state index contributed by atoms with van der Waals surface area (Å²) in [4.78, 5) is 16.3. The van der Waals surface area contributed by atoms with Gasteiger partial charge in [0.1, 0.15) is 0 Å². The molecule has 2 fully saturated rings. The Hall–Kier alpha value is -1.83. The van der Waals surface area contributed by atoms with Crippen molar-refractivity contribution in [2.75, 3.05) is 32.4 Å². The molecule has 0 aliphatic carbocycles. The molecule has 0 atom stereocenters. The fourth-order valence-corrected chi connectivity index (χ4v) is 6.98. The molecule has 0 aromatic heterocycles. The van der Waals surface area contributed by atoms with Gasteiger partial charge >= 0.3 is 0 Å². The van der Waals surface area contributed by atoms with Crippen LogP contribution in [0, 0.1) is 5.92 Å². The Bertz CT molecular complexity index is 1040. The van der Waals surface area contributed by atoms with Gasteiger partial charge in [0.25, 0.3) is 5.91 Å². The van der Waals surface area contributed by atoms with Crippen molar-refractivity contribution >= 4 is 27.7 Å². The molecule has 0 radical (unpaired) electrons. The van der Waals surface area contributed by atoms with Gasteiger partial charge in [-0.2, -0.15) is 4.31 Å². The number of nitrogens with zero attached hydrogens (tertiary/aromatic N) is 2. The lowest BCUT2D eigenvalue weighted by Gasteiger charge is -2.31. The summed E-state index contributed by atoms with van der Waals surface area (Å²) in [5.41, 5.74) is 1.83. The Morgan fingerprint density at radius 2 is 1.61 bits per heavy atom. The van der Waals surface area contributed by atoms with E-state index in [0.717, 1.165) is 62.9 Å². The number of sulfonamides is 1. The average molecular weight is 487 g/mol. The Kier molecular flexibility index (Phi) is 8.15. The average Bonchev–Trinajstić information content (AvgIpc) is 3.14. The first-order chi connectivity index (χ1) is 16.0. The summed E-state index contributed by atoms with van der Waals surface area (Å²) in [6.45, 7) is 2.55. The molecule has 2 aromatic carbocycles. The highest BCUT2D eigenvalue weighted by atomic mass is 32.2. The van der Waals surface area contributed by atoms with Crippen molar-refractivity contribution in [2.24, 2.45) is 5.92 Å². The normalized spacial score (nSPS) is 18.8. The predicted molar refractivity (Wildman–Crippen MR) is 134 cm³/mol. The maximum absolute atomic E-state index is 13.5. The van der Waals surface area contributed by atoms with Crippen molar-refractivity contribution in [1.82, 2.24) is 9.21 Å². The molecule has 0 unspecified atom stereocenters. The minimum Gasteiger partial charge on any atom is -0.339 e. The van der Waals surface area contributed by atoms with Crippen LogP contribution in [0.4, 0.5) is 0 Å². The van der Waals surface area contributed by atoms with Crippen LogP contribution in [0.1, 0.15) is 54.4 Å². The number of carbonyl (C=O) groups excluding carboxylic acids is 1. The van der Waals surface area contributed by atoms with Gasteiger partial charge in [-0.15, -0.1) is 11.8 Å². The van der Waals surface area contributed by atoms with E-state index in [2.05, 4.69) is 24.3 Å². The summed E-state index contributed by atoms with van der Waals surface area (Å²) >= 11 is 1.49. The molecule has 178 valence electrons. The van der Waals surface area contributed by atoms with Gasteiger partial charge in [-0.3, -0.25) is 4.79 Å². The first-order valence-corrected chi connectivity index (χ1v) is 14.7. The topological polar surface area (TPSA) is 57.7 Å². The zero-order valence-corrected chi connectivity index (χ0v) is 21.0. The second-order valence-electron chi connectivity index (χ2n) is 9.11. The number of likely N-dealkylation sites (tertiary alicyclic amines) is 1. The summed E-state index contributed by atoms with van der Waals surface area (Å²) in [6.07, 6.45) is 8.95. The van der Waals surface area contributed by atoms with Gasteiger partial charge < -0.3 is 4.90 Å². The number of rotatable bonds is 6. The number of hydrogen-bond donors (Lipinski definition) is 0. The van der Waals surface area contributed by atoms with E-state index in [1.54, 1.807) is 22.5 Å². The van der Waals surface area contributed by atoms with Crippen LogP contribution in [0.2, 0.25) is 0 Å². The summed E-state index contributed by atoms with van der Waals surface area (Å²) in [7, 11) is -3.62. The first-order valence-electron chi connectivity index (χ1n) is 12.0. The molecular weight excluding hydrogens is 452 g/mol. The van der Waals surface area contributed by atoms with Gasteiger partial charge in [-0.25, -0.2) is 8.42 Å². The molecule has 0 spiro atoms. The molecule has 2 saturated heterocycles. The third-order valence-corrected chi connectivity index (χ3v) is 9.56. The lowest BCUT2D eigenvalue weighted by atomic mass is 9.91. The van der Waals surface area contributed by atoms with Crippen molar-refractivity contribution in [2.45, 2.75) is 54.7 Å². The van der Waals surface area contributed by atoms with E-state index in [0.29, 0.717) is 24.6 Å². The van der Waals surface area contributed by atoms with Crippen LogP contribution < -0.4 is 0 Å². The van der Waals surface area contributed by atoms with Crippen LogP contribution in [0.5, 0.6) is 0 Å². The maximum atomic E-state index is 13.5. The SMILES string of the molecule is CSc1ccc(S(=O)(=O)N2CCC(Cc3ccccc3)CC2)cc1C(=O)N1CCCCCC1. The van der Waals surface area contributed by atoms with Crippen LogP contribution in [0.3, 0.4) is 0 Å². The van der Waals surface area contributed by atoms with Gasteiger partial charge in [-0.1, -0.05) is 43.2 Å². The van der Waals surface area contributed by atoms with Crippen LogP contribution in [0.25, 0.3) is 0 Å². The molecule has 0 N–H and O–H groups in total. The van der Waals surface area contributed by atoms with Crippen molar-refractivity contribution in [3.8, 4) is 0 Å². The minimum absolute atomic E-state index is 0.0418. The van der Waals surface area contributed by atoms with E-state index >= 15 is 0 Å². The molecule has 7 heteroatoms. The quantitative estimate of drug-likeness (QED) is 0.535. The monoisotopic (exact) mass is 486 g/mol. The van der Waals surface area contributed by atoms with Gasteiger partial charge in [0.05, 0.1) is 10.5 Å². The summed E-state index contributed by atoms with van der Waals surface area (Å²) in [5.74, 6) is 0.456. The van der Waals surface area contributed by atoms with Gasteiger partial charge in [0, 0.05) is 31.1 Å². The number of hydrogen-bond acceptors (Lipinski definition) is 4. The molecule has 2 aliphatic rings. The molecule has 5 nitrogen and oxygen atoms in total. The van der Waals surface area contributed by atoms with Crippen LogP contribution in [-0.2, 0) is 16.4 Å². The molecule has 2 aliphatic heterocycles. The highest BCUT2D eigenvalue weighted by Crippen LogP contribution is 2.30. The van der Waals surface area contributed by atoms with Crippen molar-refractivity contribution in [3.63, 3.8) is 0 Å². The summed E-state index contributed by atoms with van der Waals surface area (Å²) < 4.78 is 28.5. The number of piperidine rings is 1. The molecule has 0 bridgehead atoms. The largest absolute Gasteiger partial charge is 0.339 e. The van der Waals surface area contributed by atoms with Crippen LogP contribution in [0.15, 0.2) is 58.3 Å². The first kappa shape index (κ1) is 24.3. The molecule has 1 amide bonds. The number of thioether (sulfide) groups is 1. The predicted octanol–water partition coefficient (Wildman–Crippen LogP) is 5.07. The summed E-state index contributed by atoms with van der Waals surface area (Å²) in [6, 6.07) is 15.5. The maximum Gasteiger partial charge on any atom is 0.255 e. The number of benzene rings is 2. The van der Waals surface area contributed by atoms with E-state index < -0.39 is 10.0 Å². The lowest BCUT2D eigenvalue weighted by molar-refractivity contribution is 0.0758. The zero-order chi connectivity index (χ0) is 23.3. The third-order valence-electron chi connectivity index (χ3n) is 6.87. The fraction of sp³-hybridized carbons (Fsp3) is 0.500. The third kappa shape index (κ3) is 5.81. The van der Waals surface area contributed by atoms with E-state index in [-0.39, 0.29) is 10.8 Å². The van der Waals surface area contributed by atoms with E-state index in [4.69, 9.17) is 0 Å². The van der Waals surface area contributed by atoms with Crippen molar-refractivity contribution in [3.05, 3.63) is 59.7 Å². The van der Waals surface area contributed by atoms with Crippen molar-refractivity contribution < 1.29 is 13.2 Å². The molecular formula is C26H34N2O3S2.